The van der Waals surface area contributed by atoms with Gasteiger partial charge in [-0.1, -0.05) is 59.8 Å². The van der Waals surface area contributed by atoms with Gasteiger partial charge in [-0.25, -0.2) is 0 Å². The maximum absolute atomic E-state index is 6.12. The molecular formula is C30H60O4Si2. The van der Waals surface area contributed by atoms with Crippen molar-refractivity contribution in [2.45, 2.75) is 153 Å². The molecular weight excluding hydrogens is 480 g/mol. The van der Waals surface area contributed by atoms with Gasteiger partial charge in [0.05, 0.1) is 0 Å². The van der Waals surface area contributed by atoms with Crippen molar-refractivity contribution < 1.29 is 17.7 Å². The summed E-state index contributed by atoms with van der Waals surface area (Å²) in [5.74, 6) is 0. The lowest BCUT2D eigenvalue weighted by Gasteiger charge is -2.45. The van der Waals surface area contributed by atoms with Crippen molar-refractivity contribution in [1.82, 2.24) is 0 Å². The molecule has 0 spiro atoms. The van der Waals surface area contributed by atoms with Crippen molar-refractivity contribution in [2.75, 3.05) is 28.4 Å². The van der Waals surface area contributed by atoms with Crippen LogP contribution in [-0.4, -0.2) is 45.6 Å². The molecule has 1 atom stereocenters. The zero-order valence-corrected chi connectivity index (χ0v) is 27.3. The fourth-order valence-corrected chi connectivity index (χ4v) is 18.0. The van der Waals surface area contributed by atoms with E-state index in [1.54, 1.807) is 0 Å². The minimum Gasteiger partial charge on any atom is -0.397 e. The Balaban J connectivity index is 0.000000201. The van der Waals surface area contributed by atoms with E-state index in [1.165, 1.54) is 103 Å². The maximum Gasteiger partial charge on any atom is 0.344 e. The molecule has 4 saturated carbocycles. The van der Waals surface area contributed by atoms with Gasteiger partial charge in [0.25, 0.3) is 0 Å². The SMILES string of the molecule is CO[Si](OC)(C1CCCC1)C1CCC(C)(C)CC1.CO[Si](OC)(C1CCCC1)C1CCCC(C)(C)C1. The fraction of sp³-hybridized carbons (Fsp3) is 1.00. The van der Waals surface area contributed by atoms with Gasteiger partial charge in [0.2, 0.25) is 0 Å². The highest BCUT2D eigenvalue weighted by atomic mass is 28.4. The van der Waals surface area contributed by atoms with Crippen molar-refractivity contribution in [3.63, 3.8) is 0 Å². The minimum absolute atomic E-state index is 0.483. The van der Waals surface area contributed by atoms with E-state index in [-0.39, 0.29) is 0 Å². The highest BCUT2D eigenvalue weighted by Gasteiger charge is 2.54. The summed E-state index contributed by atoms with van der Waals surface area (Å²) in [5.41, 5.74) is 3.94. The molecule has 0 aromatic carbocycles. The number of hydrogen-bond acceptors (Lipinski definition) is 4. The molecule has 4 aliphatic rings. The molecule has 0 saturated heterocycles. The van der Waals surface area contributed by atoms with Gasteiger partial charge in [-0.15, -0.1) is 0 Å². The number of hydrogen-bond donors (Lipinski definition) is 0. The van der Waals surface area contributed by atoms with E-state index in [4.69, 9.17) is 17.7 Å². The van der Waals surface area contributed by atoms with Crippen LogP contribution in [0.2, 0.25) is 22.2 Å². The first kappa shape index (κ1) is 30.8. The van der Waals surface area contributed by atoms with Gasteiger partial charge in [-0.05, 0) is 81.5 Å². The summed E-state index contributed by atoms with van der Waals surface area (Å²) in [6.45, 7) is 9.64. The predicted molar refractivity (Wildman–Crippen MR) is 156 cm³/mol. The van der Waals surface area contributed by atoms with Crippen LogP contribution >= 0.6 is 0 Å². The Morgan fingerprint density at radius 3 is 1.19 bits per heavy atom. The van der Waals surface area contributed by atoms with Crippen LogP contribution in [0.1, 0.15) is 130 Å². The van der Waals surface area contributed by atoms with E-state index < -0.39 is 17.1 Å². The van der Waals surface area contributed by atoms with E-state index in [0.717, 1.165) is 16.6 Å². The van der Waals surface area contributed by atoms with Crippen molar-refractivity contribution in [2.24, 2.45) is 10.8 Å². The highest BCUT2D eigenvalue weighted by Crippen LogP contribution is 2.54. The third kappa shape index (κ3) is 6.88. The highest BCUT2D eigenvalue weighted by molar-refractivity contribution is 6.71. The largest absolute Gasteiger partial charge is 0.397 e. The smallest absolute Gasteiger partial charge is 0.344 e. The summed E-state index contributed by atoms with van der Waals surface area (Å²) >= 11 is 0. The van der Waals surface area contributed by atoms with Crippen LogP contribution in [0.3, 0.4) is 0 Å². The molecule has 4 aliphatic carbocycles. The van der Waals surface area contributed by atoms with E-state index in [1.807, 2.05) is 28.4 Å². The van der Waals surface area contributed by atoms with Gasteiger partial charge in [0.1, 0.15) is 0 Å². The van der Waals surface area contributed by atoms with Gasteiger partial charge < -0.3 is 17.7 Å². The summed E-state index contributed by atoms with van der Waals surface area (Å²) in [5, 5.41) is 0. The molecule has 0 aromatic rings. The average molecular weight is 541 g/mol. The summed E-state index contributed by atoms with van der Waals surface area (Å²) in [6, 6.07) is 0. The second kappa shape index (κ2) is 13.1. The third-order valence-corrected chi connectivity index (χ3v) is 20.1. The molecule has 0 amide bonds. The second-order valence-electron chi connectivity index (χ2n) is 14.1. The van der Waals surface area contributed by atoms with Gasteiger partial charge in [-0.3, -0.25) is 0 Å². The van der Waals surface area contributed by atoms with Crippen molar-refractivity contribution in [3.8, 4) is 0 Å². The first-order valence-corrected chi connectivity index (χ1v) is 19.2. The molecule has 0 heterocycles. The topological polar surface area (TPSA) is 36.9 Å². The molecule has 0 aliphatic heterocycles. The first-order valence-electron chi connectivity index (χ1n) is 15.3. The zero-order chi connectivity index (χ0) is 26.5. The lowest BCUT2D eigenvalue weighted by Crippen LogP contribution is -2.51. The molecule has 36 heavy (non-hydrogen) atoms. The fourth-order valence-electron chi connectivity index (χ4n) is 8.67. The van der Waals surface area contributed by atoms with E-state index in [0.29, 0.717) is 16.4 Å². The molecule has 4 fully saturated rings. The van der Waals surface area contributed by atoms with Gasteiger partial charge in [0.15, 0.2) is 0 Å². The molecule has 212 valence electrons. The molecule has 0 bridgehead atoms. The Kier molecular flexibility index (Phi) is 11.2. The van der Waals surface area contributed by atoms with Gasteiger partial charge >= 0.3 is 17.1 Å². The second-order valence-corrected chi connectivity index (χ2v) is 21.9. The Labute approximate surface area is 226 Å². The van der Waals surface area contributed by atoms with Crippen LogP contribution in [0.5, 0.6) is 0 Å². The van der Waals surface area contributed by atoms with Crippen LogP contribution in [0, 0.1) is 10.8 Å². The minimum atomic E-state index is -2.00. The van der Waals surface area contributed by atoms with Crippen molar-refractivity contribution in [3.05, 3.63) is 0 Å². The standard InChI is InChI=1S/2C15H30O2Si/c1-15(2)11-7-10-14(12-15)18(16-3,17-4)13-8-5-6-9-13;1-15(2)11-9-14(10-12-15)18(16-3,17-4)13-7-5-6-8-13/h2*13-14H,5-12H2,1-4H3. The lowest BCUT2D eigenvalue weighted by molar-refractivity contribution is 0.167. The Morgan fingerprint density at radius 1 is 0.444 bits per heavy atom. The maximum atomic E-state index is 6.12. The van der Waals surface area contributed by atoms with Crippen LogP contribution < -0.4 is 0 Å². The van der Waals surface area contributed by atoms with E-state index in [9.17, 15) is 0 Å². The summed E-state index contributed by atoms with van der Waals surface area (Å²) in [6.07, 6.45) is 21.5. The quantitative estimate of drug-likeness (QED) is 0.287. The Bertz CT molecular complexity index is 637. The van der Waals surface area contributed by atoms with E-state index in [2.05, 4.69) is 27.7 Å². The zero-order valence-electron chi connectivity index (χ0n) is 25.3. The molecule has 4 rings (SSSR count). The third-order valence-electron chi connectivity index (χ3n) is 10.8. The van der Waals surface area contributed by atoms with Crippen LogP contribution in [0.25, 0.3) is 0 Å². The Hall–Kier alpha value is 0.274. The van der Waals surface area contributed by atoms with Crippen LogP contribution in [0.15, 0.2) is 0 Å². The Morgan fingerprint density at radius 2 is 0.806 bits per heavy atom. The summed E-state index contributed by atoms with van der Waals surface area (Å²) in [4.78, 5) is 0. The predicted octanol–water partition coefficient (Wildman–Crippen LogP) is 9.27. The molecule has 0 N–H and O–H groups in total. The average Bonchev–Trinajstić information content (AvgIpc) is 3.58. The summed E-state index contributed by atoms with van der Waals surface area (Å²) < 4.78 is 24.4. The van der Waals surface area contributed by atoms with Gasteiger partial charge in [-0.2, -0.15) is 0 Å². The van der Waals surface area contributed by atoms with Gasteiger partial charge in [0, 0.05) is 50.6 Å². The first-order chi connectivity index (χ1) is 17.1. The normalized spacial score (nSPS) is 28.2. The molecule has 0 aromatic heterocycles. The molecule has 1 unspecified atom stereocenters. The van der Waals surface area contributed by atoms with Crippen molar-refractivity contribution >= 4 is 17.1 Å². The van der Waals surface area contributed by atoms with Crippen LogP contribution in [-0.2, 0) is 17.7 Å². The summed E-state index contributed by atoms with van der Waals surface area (Å²) in [7, 11) is 3.68. The molecule has 0 radical (unpaired) electrons. The monoisotopic (exact) mass is 540 g/mol. The molecule has 6 heteroatoms. The van der Waals surface area contributed by atoms with Crippen LogP contribution in [0.4, 0.5) is 0 Å². The molecule has 4 nitrogen and oxygen atoms in total. The van der Waals surface area contributed by atoms with E-state index >= 15 is 0 Å². The lowest BCUT2D eigenvalue weighted by atomic mass is 9.77. The van der Waals surface area contributed by atoms with Crippen molar-refractivity contribution in [1.29, 1.82) is 0 Å². The number of rotatable bonds is 8.